The second-order valence-corrected chi connectivity index (χ2v) is 6.66. The number of carbonyl (C=O) groups is 1. The molecule has 2 aromatic rings. The minimum atomic E-state index is -0.481. The topological polar surface area (TPSA) is 70.2 Å². The number of carbonyl (C=O) groups excluding carboxylic acids is 1. The lowest BCUT2D eigenvalue weighted by molar-refractivity contribution is 0.0584. The van der Waals surface area contributed by atoms with E-state index in [-0.39, 0.29) is 6.09 Å². The number of aromatic amines is 1. The van der Waals surface area contributed by atoms with Gasteiger partial charge in [-0.05, 0) is 51.0 Å². The average Bonchev–Trinajstić information content (AvgIpc) is 3.12. The maximum atomic E-state index is 12.3. The van der Waals surface area contributed by atoms with E-state index in [4.69, 9.17) is 4.74 Å². The van der Waals surface area contributed by atoms with Crippen LogP contribution in [0.5, 0.6) is 0 Å². The summed E-state index contributed by atoms with van der Waals surface area (Å²) in [4.78, 5) is 21.0. The quantitative estimate of drug-likeness (QED) is 0.912. The van der Waals surface area contributed by atoms with Gasteiger partial charge in [-0.3, -0.25) is 4.90 Å². The van der Waals surface area contributed by atoms with Crippen molar-refractivity contribution in [3.8, 4) is 0 Å². The van der Waals surface area contributed by atoms with Crippen LogP contribution in [0.15, 0.2) is 30.7 Å². The van der Waals surface area contributed by atoms with Gasteiger partial charge in [-0.1, -0.05) is 0 Å². The van der Waals surface area contributed by atoms with Crippen molar-refractivity contribution in [1.82, 2.24) is 9.97 Å². The van der Waals surface area contributed by atoms with Crippen LogP contribution in [-0.2, 0) is 17.7 Å². The normalized spacial score (nSPS) is 13.8. The van der Waals surface area contributed by atoms with Gasteiger partial charge < -0.3 is 15.0 Å². The molecule has 122 valence electrons. The summed E-state index contributed by atoms with van der Waals surface area (Å²) in [6.45, 7) is 6.99. The number of imidazole rings is 1. The van der Waals surface area contributed by atoms with Crippen LogP contribution < -0.4 is 10.2 Å². The number of nitrogens with one attached hydrogen (secondary N) is 2. The van der Waals surface area contributed by atoms with E-state index in [1.165, 1.54) is 0 Å². The zero-order valence-corrected chi connectivity index (χ0v) is 13.7. The molecule has 3 rings (SSSR count). The first-order valence-electron chi connectivity index (χ1n) is 7.77. The molecule has 6 heteroatoms. The number of fused-ring (bicyclic) bond motifs is 1. The number of H-pyrrole nitrogens is 1. The lowest BCUT2D eigenvalue weighted by atomic mass is 10.1. The minimum Gasteiger partial charge on any atom is -0.443 e. The van der Waals surface area contributed by atoms with Crippen molar-refractivity contribution in [3.05, 3.63) is 42.0 Å². The summed E-state index contributed by atoms with van der Waals surface area (Å²) >= 11 is 0. The lowest BCUT2D eigenvalue weighted by Gasteiger charge is -2.24. The maximum absolute atomic E-state index is 12.3. The summed E-state index contributed by atoms with van der Waals surface area (Å²) in [5.41, 5.74) is 3.67. The van der Waals surface area contributed by atoms with Gasteiger partial charge in [0.15, 0.2) is 0 Å². The molecule has 1 aliphatic heterocycles. The molecular formula is C17H22N4O2. The highest BCUT2D eigenvalue weighted by Crippen LogP contribution is 2.31. The number of hydrogen-bond acceptors (Lipinski definition) is 4. The van der Waals surface area contributed by atoms with Crippen LogP contribution in [0.2, 0.25) is 0 Å². The SMILES string of the molecule is CC(C)(C)OC(=O)N1CCc2cc(NCc3cnc[nH]3)ccc21. The Labute approximate surface area is 135 Å². The number of ether oxygens (including phenoxy) is 1. The number of anilines is 2. The molecule has 1 aromatic heterocycles. The summed E-state index contributed by atoms with van der Waals surface area (Å²) in [6.07, 6.45) is 4.02. The summed E-state index contributed by atoms with van der Waals surface area (Å²) < 4.78 is 5.47. The van der Waals surface area contributed by atoms with Crippen molar-refractivity contribution in [3.63, 3.8) is 0 Å². The number of rotatable bonds is 3. The Morgan fingerprint density at radius 1 is 1.43 bits per heavy atom. The van der Waals surface area contributed by atoms with Crippen molar-refractivity contribution in [2.24, 2.45) is 0 Å². The first-order chi connectivity index (χ1) is 10.9. The predicted octanol–water partition coefficient (Wildman–Crippen LogP) is 3.32. The summed E-state index contributed by atoms with van der Waals surface area (Å²) in [6, 6.07) is 6.05. The molecule has 0 fully saturated rings. The second kappa shape index (κ2) is 5.95. The van der Waals surface area contributed by atoms with Crippen molar-refractivity contribution in [2.45, 2.75) is 39.3 Å². The molecule has 6 nitrogen and oxygen atoms in total. The van der Waals surface area contributed by atoms with Crippen LogP contribution in [0.1, 0.15) is 32.0 Å². The first-order valence-corrected chi connectivity index (χ1v) is 7.77. The summed E-state index contributed by atoms with van der Waals surface area (Å²) in [5.74, 6) is 0. The number of nitrogens with zero attached hydrogens (tertiary/aromatic N) is 2. The monoisotopic (exact) mass is 314 g/mol. The van der Waals surface area contributed by atoms with E-state index in [9.17, 15) is 4.79 Å². The Morgan fingerprint density at radius 2 is 2.26 bits per heavy atom. The Morgan fingerprint density at radius 3 is 2.96 bits per heavy atom. The standard InChI is InChI=1S/C17H22N4O2/c1-17(2,3)23-16(22)21-7-6-12-8-13(4-5-15(12)21)19-10-14-9-18-11-20-14/h4-5,8-9,11,19H,6-7,10H2,1-3H3,(H,18,20). The van der Waals surface area contributed by atoms with Gasteiger partial charge in [0.1, 0.15) is 5.60 Å². The Bertz CT molecular complexity index is 689. The van der Waals surface area contributed by atoms with E-state index in [2.05, 4.69) is 21.4 Å². The fourth-order valence-corrected chi connectivity index (χ4v) is 2.60. The predicted molar refractivity (Wildman–Crippen MR) is 89.6 cm³/mol. The van der Waals surface area contributed by atoms with E-state index >= 15 is 0 Å². The van der Waals surface area contributed by atoms with Gasteiger partial charge in [0.2, 0.25) is 0 Å². The highest BCUT2D eigenvalue weighted by atomic mass is 16.6. The molecule has 0 aliphatic carbocycles. The number of benzene rings is 1. The van der Waals surface area contributed by atoms with Crippen LogP contribution in [0.4, 0.5) is 16.2 Å². The smallest absolute Gasteiger partial charge is 0.414 e. The van der Waals surface area contributed by atoms with Crippen LogP contribution in [0.3, 0.4) is 0 Å². The fraction of sp³-hybridized carbons (Fsp3) is 0.412. The van der Waals surface area contributed by atoms with E-state index in [0.717, 1.165) is 29.1 Å². The fourth-order valence-electron chi connectivity index (χ4n) is 2.60. The van der Waals surface area contributed by atoms with Crippen LogP contribution >= 0.6 is 0 Å². The van der Waals surface area contributed by atoms with E-state index in [0.29, 0.717) is 13.1 Å². The number of hydrogen-bond donors (Lipinski definition) is 2. The largest absolute Gasteiger partial charge is 0.443 e. The van der Waals surface area contributed by atoms with Crippen LogP contribution in [-0.4, -0.2) is 28.2 Å². The van der Waals surface area contributed by atoms with Crippen LogP contribution in [0, 0.1) is 0 Å². The third-order valence-corrected chi connectivity index (χ3v) is 3.63. The zero-order valence-electron chi connectivity index (χ0n) is 13.7. The maximum Gasteiger partial charge on any atom is 0.414 e. The average molecular weight is 314 g/mol. The first kappa shape index (κ1) is 15.4. The highest BCUT2D eigenvalue weighted by molar-refractivity contribution is 5.91. The van der Waals surface area contributed by atoms with Crippen molar-refractivity contribution in [2.75, 3.05) is 16.8 Å². The Kier molecular flexibility index (Phi) is 3.98. The van der Waals surface area contributed by atoms with Gasteiger partial charge in [-0.15, -0.1) is 0 Å². The zero-order chi connectivity index (χ0) is 16.4. The van der Waals surface area contributed by atoms with Gasteiger partial charge >= 0.3 is 6.09 Å². The minimum absolute atomic E-state index is 0.283. The lowest BCUT2D eigenvalue weighted by Crippen LogP contribution is -2.35. The Hall–Kier alpha value is -2.50. The van der Waals surface area contributed by atoms with Crippen LogP contribution in [0.25, 0.3) is 0 Å². The van der Waals surface area contributed by atoms with Gasteiger partial charge in [-0.25, -0.2) is 9.78 Å². The Balaban J connectivity index is 1.68. The van der Waals surface area contributed by atoms with E-state index in [1.807, 2.05) is 32.9 Å². The molecule has 0 unspecified atom stereocenters. The van der Waals surface area contributed by atoms with Crippen molar-refractivity contribution in [1.29, 1.82) is 0 Å². The summed E-state index contributed by atoms with van der Waals surface area (Å²) in [7, 11) is 0. The molecule has 0 spiro atoms. The third-order valence-electron chi connectivity index (χ3n) is 3.63. The molecule has 0 atom stereocenters. The van der Waals surface area contributed by atoms with Gasteiger partial charge in [0.05, 0.1) is 24.3 Å². The van der Waals surface area contributed by atoms with E-state index in [1.54, 1.807) is 17.4 Å². The molecule has 0 saturated carbocycles. The van der Waals surface area contributed by atoms with Crippen molar-refractivity contribution >= 4 is 17.5 Å². The van der Waals surface area contributed by atoms with E-state index < -0.39 is 5.60 Å². The van der Waals surface area contributed by atoms with Crippen molar-refractivity contribution < 1.29 is 9.53 Å². The van der Waals surface area contributed by atoms with Gasteiger partial charge in [-0.2, -0.15) is 0 Å². The van der Waals surface area contributed by atoms with Gasteiger partial charge in [0, 0.05) is 18.4 Å². The molecule has 0 radical (unpaired) electrons. The molecule has 1 aromatic carbocycles. The molecule has 0 bridgehead atoms. The number of amides is 1. The highest BCUT2D eigenvalue weighted by Gasteiger charge is 2.28. The molecular weight excluding hydrogens is 292 g/mol. The molecule has 1 aliphatic rings. The summed E-state index contributed by atoms with van der Waals surface area (Å²) in [5, 5.41) is 3.35. The number of aromatic nitrogens is 2. The molecule has 2 heterocycles. The molecule has 0 saturated heterocycles. The molecule has 1 amide bonds. The van der Waals surface area contributed by atoms with Gasteiger partial charge in [0.25, 0.3) is 0 Å². The third kappa shape index (κ3) is 3.64. The second-order valence-electron chi connectivity index (χ2n) is 6.66. The molecule has 2 N–H and O–H groups in total. The molecule has 23 heavy (non-hydrogen) atoms.